The average Bonchev–Trinajstić information content (AvgIpc) is 2.35. The van der Waals surface area contributed by atoms with E-state index >= 15 is 0 Å². The summed E-state index contributed by atoms with van der Waals surface area (Å²) in [6.45, 7) is 3.00. The highest BCUT2D eigenvalue weighted by atomic mass is 32.1. The van der Waals surface area contributed by atoms with Crippen LogP contribution in [0, 0.1) is 6.92 Å². The molecule has 1 aromatic heterocycles. The molecule has 0 aliphatic heterocycles. The van der Waals surface area contributed by atoms with E-state index in [1.807, 2.05) is 0 Å². The molecular weight excluding hydrogens is 182 g/mol. The van der Waals surface area contributed by atoms with Crippen molar-refractivity contribution < 1.29 is 8.78 Å². The van der Waals surface area contributed by atoms with E-state index in [2.05, 4.69) is 4.98 Å². The molecule has 0 aliphatic carbocycles. The van der Waals surface area contributed by atoms with Crippen LogP contribution >= 0.6 is 11.3 Å². The molecule has 1 aromatic rings. The molecule has 0 fully saturated rings. The van der Waals surface area contributed by atoms with Crippen LogP contribution in [0.1, 0.15) is 17.5 Å². The van der Waals surface area contributed by atoms with Gasteiger partial charge in [0.05, 0.1) is 16.1 Å². The van der Waals surface area contributed by atoms with E-state index < -0.39 is 12.0 Å². The first-order valence-corrected chi connectivity index (χ1v) is 4.32. The quantitative estimate of drug-likeness (QED) is 0.777. The number of hydrogen-bond acceptors (Lipinski definition) is 3. The lowest BCUT2D eigenvalue weighted by atomic mass is 10.0. The van der Waals surface area contributed by atoms with Crippen molar-refractivity contribution in [3.8, 4) is 0 Å². The number of thiazole rings is 1. The van der Waals surface area contributed by atoms with Gasteiger partial charge in [-0.2, -0.15) is 0 Å². The third-order valence-electron chi connectivity index (χ3n) is 1.69. The van der Waals surface area contributed by atoms with Crippen LogP contribution in [-0.2, 0) is 5.54 Å². The molecule has 0 saturated carbocycles. The van der Waals surface area contributed by atoms with Gasteiger partial charge < -0.3 is 5.73 Å². The molecule has 2 nitrogen and oxygen atoms in total. The standard InChI is InChI=1S/C7H10F2N2S/c1-4-5(12-3-11-4)7(2,10)6(8)9/h3,6H,10H2,1-2H3. The predicted molar refractivity (Wildman–Crippen MR) is 44.4 cm³/mol. The molecule has 0 bridgehead atoms. The minimum Gasteiger partial charge on any atom is -0.316 e. The minimum absolute atomic E-state index is 0.456. The number of alkyl halides is 2. The Bertz CT molecular complexity index is 270. The van der Waals surface area contributed by atoms with Crippen molar-refractivity contribution in [2.24, 2.45) is 5.73 Å². The van der Waals surface area contributed by atoms with Crippen molar-refractivity contribution in [1.29, 1.82) is 0 Å². The van der Waals surface area contributed by atoms with E-state index in [0.717, 1.165) is 0 Å². The topological polar surface area (TPSA) is 38.9 Å². The monoisotopic (exact) mass is 192 g/mol. The predicted octanol–water partition coefficient (Wildman–Crippen LogP) is 1.89. The van der Waals surface area contributed by atoms with E-state index in [9.17, 15) is 8.78 Å². The van der Waals surface area contributed by atoms with Gasteiger partial charge in [0, 0.05) is 0 Å². The smallest absolute Gasteiger partial charge is 0.260 e. The summed E-state index contributed by atoms with van der Waals surface area (Å²) in [6, 6.07) is 0. The fourth-order valence-electron chi connectivity index (χ4n) is 0.918. The Kier molecular flexibility index (Phi) is 2.44. The zero-order valence-corrected chi connectivity index (χ0v) is 7.66. The van der Waals surface area contributed by atoms with Gasteiger partial charge in [0.2, 0.25) is 0 Å². The third kappa shape index (κ3) is 1.47. The van der Waals surface area contributed by atoms with Gasteiger partial charge in [0.1, 0.15) is 5.54 Å². The van der Waals surface area contributed by atoms with Gasteiger partial charge in [-0.05, 0) is 13.8 Å². The largest absolute Gasteiger partial charge is 0.316 e. The lowest BCUT2D eigenvalue weighted by Gasteiger charge is -2.22. The Morgan fingerprint density at radius 3 is 2.58 bits per heavy atom. The van der Waals surface area contributed by atoms with Gasteiger partial charge in [-0.3, -0.25) is 0 Å². The van der Waals surface area contributed by atoms with Crippen LogP contribution in [0.4, 0.5) is 8.78 Å². The van der Waals surface area contributed by atoms with Gasteiger partial charge in [0.25, 0.3) is 6.43 Å². The van der Waals surface area contributed by atoms with Crippen molar-refractivity contribution in [1.82, 2.24) is 4.98 Å². The number of aromatic nitrogens is 1. The lowest BCUT2D eigenvalue weighted by Crippen LogP contribution is -2.40. The molecule has 0 saturated heterocycles. The zero-order valence-electron chi connectivity index (χ0n) is 6.84. The van der Waals surface area contributed by atoms with E-state index in [0.29, 0.717) is 10.6 Å². The molecule has 2 N–H and O–H groups in total. The molecular formula is C7H10F2N2S. The molecule has 0 spiro atoms. The Labute approximate surface area is 73.4 Å². The number of nitrogens with two attached hydrogens (primary N) is 1. The summed E-state index contributed by atoms with van der Waals surface area (Å²) in [6.07, 6.45) is -2.56. The zero-order chi connectivity index (χ0) is 9.35. The van der Waals surface area contributed by atoms with Gasteiger partial charge in [0.15, 0.2) is 0 Å². The van der Waals surface area contributed by atoms with Crippen LogP contribution in [-0.4, -0.2) is 11.4 Å². The number of aryl methyl sites for hydroxylation is 1. The molecule has 0 aromatic carbocycles. The van der Waals surface area contributed by atoms with Crippen molar-refractivity contribution in [3.05, 3.63) is 16.1 Å². The SMILES string of the molecule is Cc1ncsc1C(C)(N)C(F)F. The van der Waals surface area contributed by atoms with Crippen LogP contribution in [0.2, 0.25) is 0 Å². The first kappa shape index (κ1) is 9.54. The van der Waals surface area contributed by atoms with Crippen molar-refractivity contribution in [2.75, 3.05) is 0 Å². The second-order valence-electron chi connectivity index (χ2n) is 2.85. The minimum atomic E-state index is -2.56. The number of nitrogens with zero attached hydrogens (tertiary/aromatic N) is 1. The van der Waals surface area contributed by atoms with E-state index in [1.54, 1.807) is 6.92 Å². The highest BCUT2D eigenvalue weighted by molar-refractivity contribution is 7.09. The Morgan fingerprint density at radius 1 is 1.67 bits per heavy atom. The Morgan fingerprint density at radius 2 is 2.25 bits per heavy atom. The van der Waals surface area contributed by atoms with E-state index in [4.69, 9.17) is 5.73 Å². The van der Waals surface area contributed by atoms with Gasteiger partial charge in [-0.15, -0.1) is 11.3 Å². The number of hydrogen-bond donors (Lipinski definition) is 1. The van der Waals surface area contributed by atoms with Crippen LogP contribution in [0.15, 0.2) is 5.51 Å². The molecule has 0 aliphatic rings. The molecule has 1 atom stereocenters. The molecule has 1 unspecified atom stereocenters. The molecule has 12 heavy (non-hydrogen) atoms. The maximum Gasteiger partial charge on any atom is 0.260 e. The van der Waals surface area contributed by atoms with Gasteiger partial charge in [-0.25, -0.2) is 13.8 Å². The first-order valence-electron chi connectivity index (χ1n) is 3.44. The fourth-order valence-corrected chi connectivity index (χ4v) is 1.80. The molecule has 1 rings (SSSR count). The second kappa shape index (κ2) is 3.06. The molecule has 1 heterocycles. The maximum absolute atomic E-state index is 12.4. The fraction of sp³-hybridized carbons (Fsp3) is 0.571. The van der Waals surface area contributed by atoms with Crippen molar-refractivity contribution in [3.63, 3.8) is 0 Å². The van der Waals surface area contributed by atoms with Crippen molar-refractivity contribution in [2.45, 2.75) is 25.8 Å². The van der Waals surface area contributed by atoms with E-state index in [-0.39, 0.29) is 0 Å². The summed E-state index contributed by atoms with van der Waals surface area (Å²) >= 11 is 1.17. The van der Waals surface area contributed by atoms with Crippen LogP contribution < -0.4 is 5.73 Å². The second-order valence-corrected chi connectivity index (χ2v) is 3.71. The number of rotatable bonds is 2. The summed E-state index contributed by atoms with van der Waals surface area (Å²) < 4.78 is 24.8. The molecule has 0 radical (unpaired) electrons. The van der Waals surface area contributed by atoms with Crippen LogP contribution in [0.5, 0.6) is 0 Å². The summed E-state index contributed by atoms with van der Waals surface area (Å²) in [7, 11) is 0. The molecule has 68 valence electrons. The summed E-state index contributed by atoms with van der Waals surface area (Å²) in [5.74, 6) is 0. The molecule has 0 amide bonds. The van der Waals surface area contributed by atoms with Crippen LogP contribution in [0.3, 0.4) is 0 Å². The third-order valence-corrected chi connectivity index (χ3v) is 2.87. The summed E-state index contributed by atoms with van der Waals surface area (Å²) in [5, 5.41) is 0. The van der Waals surface area contributed by atoms with E-state index in [1.165, 1.54) is 23.8 Å². The highest BCUT2D eigenvalue weighted by Crippen LogP contribution is 2.30. The normalized spacial score (nSPS) is 16.5. The van der Waals surface area contributed by atoms with Gasteiger partial charge in [-0.1, -0.05) is 0 Å². The molecule has 5 heteroatoms. The average molecular weight is 192 g/mol. The Hall–Kier alpha value is -0.550. The Balaban J connectivity index is 3.05. The first-order chi connectivity index (χ1) is 5.46. The van der Waals surface area contributed by atoms with Crippen molar-refractivity contribution >= 4 is 11.3 Å². The number of halogens is 2. The van der Waals surface area contributed by atoms with Crippen LogP contribution in [0.25, 0.3) is 0 Å². The highest BCUT2D eigenvalue weighted by Gasteiger charge is 2.35. The summed E-state index contributed by atoms with van der Waals surface area (Å²) in [4.78, 5) is 4.33. The van der Waals surface area contributed by atoms with Gasteiger partial charge >= 0.3 is 0 Å². The maximum atomic E-state index is 12.4. The lowest BCUT2D eigenvalue weighted by molar-refractivity contribution is 0.0640. The summed E-state index contributed by atoms with van der Waals surface area (Å²) in [5.41, 5.74) is 6.00.